The highest BCUT2D eigenvalue weighted by atomic mass is 16.2. The molecule has 6 nitrogen and oxygen atoms in total. The van der Waals surface area contributed by atoms with Gasteiger partial charge in [0.25, 0.3) is 11.8 Å². The van der Waals surface area contributed by atoms with Crippen molar-refractivity contribution in [2.24, 2.45) is 0 Å². The van der Waals surface area contributed by atoms with Gasteiger partial charge in [-0.25, -0.2) is 4.98 Å². The quantitative estimate of drug-likeness (QED) is 0.529. The molecule has 2 heterocycles. The number of para-hydroxylation sites is 2. The van der Waals surface area contributed by atoms with Crippen molar-refractivity contribution in [2.45, 2.75) is 0 Å². The van der Waals surface area contributed by atoms with Crippen LogP contribution in [-0.4, -0.2) is 34.9 Å². The van der Waals surface area contributed by atoms with Crippen molar-refractivity contribution in [3.63, 3.8) is 0 Å². The minimum atomic E-state index is -0.271. The Bertz CT molecular complexity index is 1170. The second-order valence-corrected chi connectivity index (χ2v) is 6.28. The standard InChI is InChI=1S/C22H18N4O2/c27-21(17-8-3-6-16-7-4-12-23-20(16)17)24-13-14-25-22(28)19-11-10-15-5-1-2-9-18(15)26-19/h1-12H,13-14H2,(H,24,27)(H,25,28). The molecule has 0 saturated carbocycles. The largest absolute Gasteiger partial charge is 0.350 e. The van der Waals surface area contributed by atoms with E-state index in [1.807, 2.05) is 54.6 Å². The van der Waals surface area contributed by atoms with Crippen molar-refractivity contribution >= 4 is 33.6 Å². The van der Waals surface area contributed by atoms with E-state index >= 15 is 0 Å². The average Bonchev–Trinajstić information content (AvgIpc) is 2.75. The zero-order valence-electron chi connectivity index (χ0n) is 15.1. The van der Waals surface area contributed by atoms with Gasteiger partial charge in [0.05, 0.1) is 16.6 Å². The number of aromatic nitrogens is 2. The molecule has 4 aromatic rings. The maximum absolute atomic E-state index is 12.4. The number of hydrogen-bond acceptors (Lipinski definition) is 4. The topological polar surface area (TPSA) is 84.0 Å². The molecule has 0 spiro atoms. The van der Waals surface area contributed by atoms with E-state index in [-0.39, 0.29) is 11.8 Å². The zero-order valence-corrected chi connectivity index (χ0v) is 15.1. The van der Waals surface area contributed by atoms with Crippen LogP contribution in [0.2, 0.25) is 0 Å². The first kappa shape index (κ1) is 17.6. The smallest absolute Gasteiger partial charge is 0.269 e. The predicted molar refractivity (Wildman–Crippen MR) is 108 cm³/mol. The summed E-state index contributed by atoms with van der Waals surface area (Å²) in [5, 5.41) is 7.48. The second-order valence-electron chi connectivity index (χ2n) is 6.28. The Balaban J connectivity index is 1.34. The molecule has 0 aliphatic heterocycles. The number of rotatable bonds is 5. The van der Waals surface area contributed by atoms with Crippen molar-refractivity contribution in [3.05, 3.63) is 84.2 Å². The molecule has 2 aromatic carbocycles. The summed E-state index contributed by atoms with van der Waals surface area (Å²) in [4.78, 5) is 33.4. The third kappa shape index (κ3) is 3.66. The number of amides is 2. The highest BCUT2D eigenvalue weighted by Gasteiger charge is 2.11. The zero-order chi connectivity index (χ0) is 19.3. The molecule has 6 heteroatoms. The third-order valence-corrected chi connectivity index (χ3v) is 4.40. The third-order valence-electron chi connectivity index (χ3n) is 4.40. The van der Waals surface area contributed by atoms with E-state index < -0.39 is 0 Å². The van der Waals surface area contributed by atoms with Crippen molar-refractivity contribution in [1.29, 1.82) is 0 Å². The van der Waals surface area contributed by atoms with Gasteiger partial charge in [-0.15, -0.1) is 0 Å². The molecular weight excluding hydrogens is 352 g/mol. The fourth-order valence-corrected chi connectivity index (χ4v) is 3.02. The minimum absolute atomic E-state index is 0.220. The van der Waals surface area contributed by atoms with Crippen LogP contribution in [0.1, 0.15) is 20.8 Å². The fraction of sp³-hybridized carbons (Fsp3) is 0.0909. The number of carbonyl (C=O) groups is 2. The van der Waals surface area contributed by atoms with Crippen LogP contribution in [0.25, 0.3) is 21.8 Å². The number of nitrogens with one attached hydrogen (secondary N) is 2. The molecule has 138 valence electrons. The Hall–Kier alpha value is -3.80. The SMILES string of the molecule is O=C(NCCNC(=O)c1cccc2cccnc12)c1ccc2ccccc2n1. The molecule has 2 amide bonds. The number of pyridine rings is 2. The van der Waals surface area contributed by atoms with Crippen molar-refractivity contribution < 1.29 is 9.59 Å². The van der Waals surface area contributed by atoms with Crippen molar-refractivity contribution in [1.82, 2.24) is 20.6 Å². The number of benzene rings is 2. The van der Waals surface area contributed by atoms with E-state index in [1.165, 1.54) is 0 Å². The first-order valence-electron chi connectivity index (χ1n) is 8.98. The Morgan fingerprint density at radius 1 is 0.750 bits per heavy atom. The molecule has 0 unspecified atom stereocenters. The van der Waals surface area contributed by atoms with Gasteiger partial charge < -0.3 is 10.6 Å². The molecule has 28 heavy (non-hydrogen) atoms. The van der Waals surface area contributed by atoms with E-state index in [0.717, 1.165) is 16.3 Å². The van der Waals surface area contributed by atoms with Gasteiger partial charge in [-0.1, -0.05) is 42.5 Å². The normalized spacial score (nSPS) is 10.7. The molecule has 0 aliphatic carbocycles. The van der Waals surface area contributed by atoms with Gasteiger partial charge >= 0.3 is 0 Å². The molecule has 0 atom stereocenters. The summed E-state index contributed by atoms with van der Waals surface area (Å²) in [6, 6.07) is 20.4. The summed E-state index contributed by atoms with van der Waals surface area (Å²) in [6.07, 6.45) is 1.66. The maximum atomic E-state index is 12.4. The lowest BCUT2D eigenvalue weighted by atomic mass is 10.1. The van der Waals surface area contributed by atoms with Crippen LogP contribution < -0.4 is 10.6 Å². The highest BCUT2D eigenvalue weighted by molar-refractivity contribution is 6.05. The van der Waals surface area contributed by atoms with Gasteiger partial charge in [0, 0.05) is 30.1 Å². The van der Waals surface area contributed by atoms with Crippen LogP contribution in [0.3, 0.4) is 0 Å². The minimum Gasteiger partial charge on any atom is -0.350 e. The summed E-state index contributed by atoms with van der Waals surface area (Å²) in [5.74, 6) is -0.491. The summed E-state index contributed by atoms with van der Waals surface area (Å²) < 4.78 is 0. The summed E-state index contributed by atoms with van der Waals surface area (Å²) in [7, 11) is 0. The van der Waals surface area contributed by atoms with Crippen LogP contribution in [0.15, 0.2) is 72.9 Å². The van der Waals surface area contributed by atoms with Gasteiger partial charge in [0.2, 0.25) is 0 Å². The summed E-state index contributed by atoms with van der Waals surface area (Å²) >= 11 is 0. The monoisotopic (exact) mass is 370 g/mol. The Kier molecular flexibility index (Phi) is 4.93. The van der Waals surface area contributed by atoms with Crippen LogP contribution in [0, 0.1) is 0 Å². The maximum Gasteiger partial charge on any atom is 0.269 e. The number of carbonyl (C=O) groups excluding carboxylic acids is 2. The molecule has 0 fully saturated rings. The molecule has 0 bridgehead atoms. The first-order chi connectivity index (χ1) is 13.7. The second kappa shape index (κ2) is 7.84. The first-order valence-corrected chi connectivity index (χ1v) is 8.98. The Morgan fingerprint density at radius 2 is 1.50 bits per heavy atom. The van der Waals surface area contributed by atoms with E-state index in [9.17, 15) is 9.59 Å². The van der Waals surface area contributed by atoms with Gasteiger partial charge in [-0.2, -0.15) is 0 Å². The number of fused-ring (bicyclic) bond motifs is 2. The van der Waals surface area contributed by atoms with E-state index in [2.05, 4.69) is 20.6 Å². The summed E-state index contributed by atoms with van der Waals surface area (Å²) in [5.41, 5.74) is 2.29. The van der Waals surface area contributed by atoms with Crippen molar-refractivity contribution in [2.75, 3.05) is 13.1 Å². The average molecular weight is 370 g/mol. The number of nitrogens with zero attached hydrogens (tertiary/aromatic N) is 2. The van der Waals surface area contributed by atoms with E-state index in [1.54, 1.807) is 18.3 Å². The molecule has 0 aliphatic rings. The van der Waals surface area contributed by atoms with E-state index in [0.29, 0.717) is 29.9 Å². The molecule has 2 aromatic heterocycles. The molecular formula is C22H18N4O2. The highest BCUT2D eigenvalue weighted by Crippen LogP contribution is 2.15. The molecule has 0 radical (unpaired) electrons. The molecule has 4 rings (SSSR count). The van der Waals surface area contributed by atoms with Crippen molar-refractivity contribution in [3.8, 4) is 0 Å². The predicted octanol–water partition coefficient (Wildman–Crippen LogP) is 2.94. The molecule has 2 N–H and O–H groups in total. The lowest BCUT2D eigenvalue weighted by Crippen LogP contribution is -2.35. The summed E-state index contributed by atoms with van der Waals surface area (Å²) in [6.45, 7) is 0.610. The number of hydrogen-bond donors (Lipinski definition) is 2. The lowest BCUT2D eigenvalue weighted by molar-refractivity contribution is 0.0926. The van der Waals surface area contributed by atoms with Gasteiger partial charge in [0.1, 0.15) is 5.69 Å². The Labute approximate surface area is 161 Å². The van der Waals surface area contributed by atoms with Crippen LogP contribution in [0.5, 0.6) is 0 Å². The van der Waals surface area contributed by atoms with Gasteiger partial charge in [-0.05, 0) is 24.3 Å². The molecule has 0 saturated heterocycles. The van der Waals surface area contributed by atoms with Crippen LogP contribution >= 0.6 is 0 Å². The fourth-order valence-electron chi connectivity index (χ4n) is 3.02. The van der Waals surface area contributed by atoms with Crippen LogP contribution in [0.4, 0.5) is 0 Å². The van der Waals surface area contributed by atoms with Gasteiger partial charge in [-0.3, -0.25) is 14.6 Å². The Morgan fingerprint density at radius 3 is 2.39 bits per heavy atom. The van der Waals surface area contributed by atoms with Gasteiger partial charge in [0.15, 0.2) is 0 Å². The lowest BCUT2D eigenvalue weighted by Gasteiger charge is -2.09. The van der Waals surface area contributed by atoms with Crippen LogP contribution in [-0.2, 0) is 0 Å². The van der Waals surface area contributed by atoms with E-state index in [4.69, 9.17) is 0 Å².